The predicted octanol–water partition coefficient (Wildman–Crippen LogP) is 0.0323. The average Bonchev–Trinajstić information content (AvgIpc) is 2.33. The summed E-state index contributed by atoms with van der Waals surface area (Å²) in [5.41, 5.74) is -0.273. The third-order valence-electron chi connectivity index (χ3n) is 4.24. The Labute approximate surface area is 127 Å². The second-order valence-electron chi connectivity index (χ2n) is 7.01. The van der Waals surface area contributed by atoms with Gasteiger partial charge in [-0.15, -0.1) is 0 Å². The molecular formula is C15H27N3O3. The van der Waals surface area contributed by atoms with Gasteiger partial charge in [0.15, 0.2) is 0 Å². The molecule has 2 fully saturated rings. The van der Waals surface area contributed by atoms with Gasteiger partial charge in [0.1, 0.15) is 11.6 Å². The van der Waals surface area contributed by atoms with Gasteiger partial charge in [0.05, 0.1) is 19.7 Å². The number of likely N-dealkylation sites (N-methyl/N-ethyl adjacent to an activating group) is 2. The van der Waals surface area contributed by atoms with Crippen molar-refractivity contribution in [2.24, 2.45) is 5.92 Å². The molecule has 0 aromatic rings. The van der Waals surface area contributed by atoms with E-state index in [4.69, 9.17) is 4.74 Å². The predicted molar refractivity (Wildman–Crippen MR) is 79.8 cm³/mol. The number of likely N-dealkylation sites (tertiary alicyclic amines) is 1. The summed E-state index contributed by atoms with van der Waals surface area (Å²) >= 11 is 0. The lowest BCUT2D eigenvalue weighted by Crippen LogP contribution is -2.73. The highest BCUT2D eigenvalue weighted by Gasteiger charge is 2.51. The van der Waals surface area contributed by atoms with Gasteiger partial charge < -0.3 is 14.5 Å². The van der Waals surface area contributed by atoms with Crippen LogP contribution < -0.4 is 0 Å². The van der Waals surface area contributed by atoms with Crippen LogP contribution in [-0.4, -0.2) is 85.5 Å². The van der Waals surface area contributed by atoms with Gasteiger partial charge in [-0.2, -0.15) is 0 Å². The van der Waals surface area contributed by atoms with Crippen molar-refractivity contribution in [2.75, 3.05) is 47.4 Å². The quantitative estimate of drug-likeness (QED) is 0.738. The summed E-state index contributed by atoms with van der Waals surface area (Å²) in [7, 11) is 5.47. The number of carbonyl (C=O) groups is 2. The third kappa shape index (κ3) is 3.37. The summed E-state index contributed by atoms with van der Waals surface area (Å²) in [6.45, 7) is 6.49. The fourth-order valence-electron chi connectivity index (χ4n) is 3.05. The van der Waals surface area contributed by atoms with Crippen molar-refractivity contribution < 1.29 is 14.3 Å². The van der Waals surface area contributed by atoms with Gasteiger partial charge in [-0.1, -0.05) is 13.8 Å². The molecule has 6 nitrogen and oxygen atoms in total. The number of carbonyl (C=O) groups excluding carboxylic acids is 2. The third-order valence-corrected chi connectivity index (χ3v) is 4.24. The summed E-state index contributed by atoms with van der Waals surface area (Å²) in [6, 6.07) is -0.217. The molecule has 1 atom stereocenters. The summed E-state index contributed by atoms with van der Waals surface area (Å²) in [5.74, 6) is 0.652. The van der Waals surface area contributed by atoms with Crippen LogP contribution in [0.25, 0.3) is 0 Å². The first-order valence-electron chi connectivity index (χ1n) is 7.57. The molecule has 0 bridgehead atoms. The van der Waals surface area contributed by atoms with E-state index in [0.29, 0.717) is 38.6 Å². The average molecular weight is 297 g/mol. The zero-order chi connectivity index (χ0) is 15.8. The SMILES string of the molecule is CC(C)CC(=O)N1CC2(C1)CN(C)[C@@H](C(=O)N(C)C)CO2. The monoisotopic (exact) mass is 297 g/mol. The summed E-state index contributed by atoms with van der Waals surface area (Å²) in [6.07, 6.45) is 0.591. The van der Waals surface area contributed by atoms with E-state index in [1.54, 1.807) is 19.0 Å². The largest absolute Gasteiger partial charge is 0.368 e. The van der Waals surface area contributed by atoms with E-state index < -0.39 is 0 Å². The maximum atomic E-state index is 12.1. The molecule has 2 amide bonds. The maximum absolute atomic E-state index is 12.1. The Bertz CT molecular complexity index is 416. The van der Waals surface area contributed by atoms with E-state index in [1.807, 2.05) is 11.9 Å². The number of morpholine rings is 1. The Balaban J connectivity index is 1.87. The molecule has 21 heavy (non-hydrogen) atoms. The van der Waals surface area contributed by atoms with Crippen molar-refractivity contribution in [3.05, 3.63) is 0 Å². The molecular weight excluding hydrogens is 270 g/mol. The number of hydrogen-bond donors (Lipinski definition) is 0. The molecule has 2 aliphatic rings. The molecule has 0 aromatic heterocycles. The molecule has 2 aliphatic heterocycles. The fraction of sp³-hybridized carbons (Fsp3) is 0.867. The Morgan fingerprint density at radius 3 is 2.38 bits per heavy atom. The van der Waals surface area contributed by atoms with Crippen LogP contribution in [0.15, 0.2) is 0 Å². The summed E-state index contributed by atoms with van der Waals surface area (Å²) < 4.78 is 5.96. The van der Waals surface area contributed by atoms with Crippen molar-refractivity contribution in [2.45, 2.75) is 31.9 Å². The smallest absolute Gasteiger partial charge is 0.241 e. The van der Waals surface area contributed by atoms with Crippen molar-refractivity contribution in [3.63, 3.8) is 0 Å². The van der Waals surface area contributed by atoms with Crippen LogP contribution in [-0.2, 0) is 14.3 Å². The molecule has 6 heteroatoms. The first-order valence-corrected chi connectivity index (χ1v) is 7.57. The topological polar surface area (TPSA) is 53.1 Å². The second-order valence-corrected chi connectivity index (χ2v) is 7.01. The summed E-state index contributed by atoms with van der Waals surface area (Å²) in [5, 5.41) is 0. The number of ether oxygens (including phenoxy) is 1. The van der Waals surface area contributed by atoms with Crippen LogP contribution in [0.1, 0.15) is 20.3 Å². The van der Waals surface area contributed by atoms with Crippen LogP contribution >= 0.6 is 0 Å². The highest BCUT2D eigenvalue weighted by Crippen LogP contribution is 2.31. The van der Waals surface area contributed by atoms with Gasteiger partial charge in [0, 0.05) is 27.1 Å². The van der Waals surface area contributed by atoms with Gasteiger partial charge in [0.2, 0.25) is 11.8 Å². The Morgan fingerprint density at radius 1 is 1.29 bits per heavy atom. The van der Waals surface area contributed by atoms with Gasteiger partial charge >= 0.3 is 0 Å². The van der Waals surface area contributed by atoms with Crippen molar-refractivity contribution in [3.8, 4) is 0 Å². The lowest BCUT2D eigenvalue weighted by molar-refractivity contribution is -0.203. The van der Waals surface area contributed by atoms with E-state index in [-0.39, 0.29) is 23.5 Å². The van der Waals surface area contributed by atoms with E-state index >= 15 is 0 Å². The molecule has 0 aliphatic carbocycles. The molecule has 2 rings (SSSR count). The van der Waals surface area contributed by atoms with Crippen molar-refractivity contribution in [1.29, 1.82) is 0 Å². The van der Waals surface area contributed by atoms with Gasteiger partial charge in [0.25, 0.3) is 0 Å². The zero-order valence-electron chi connectivity index (χ0n) is 13.8. The Kier molecular flexibility index (Phi) is 4.58. The number of rotatable bonds is 3. The molecule has 120 valence electrons. The molecule has 0 saturated carbocycles. The standard InChI is InChI=1S/C15H27N3O3/c1-11(2)6-13(19)18-9-15(10-18)8-17(5)12(7-21-15)14(20)16(3)4/h11-12H,6-10H2,1-5H3/t12-/m1/s1. The minimum atomic E-state index is -0.273. The molecule has 0 N–H and O–H groups in total. The van der Waals surface area contributed by atoms with Crippen LogP contribution in [0.4, 0.5) is 0 Å². The Hall–Kier alpha value is -1.14. The van der Waals surface area contributed by atoms with Crippen LogP contribution in [0, 0.1) is 5.92 Å². The van der Waals surface area contributed by atoms with E-state index in [9.17, 15) is 9.59 Å². The molecule has 2 heterocycles. The van der Waals surface area contributed by atoms with Crippen LogP contribution in [0.3, 0.4) is 0 Å². The van der Waals surface area contributed by atoms with Crippen molar-refractivity contribution in [1.82, 2.24) is 14.7 Å². The fourth-order valence-corrected chi connectivity index (χ4v) is 3.05. The molecule has 0 radical (unpaired) electrons. The second kappa shape index (κ2) is 5.93. The molecule has 1 spiro atoms. The number of nitrogens with zero attached hydrogens (tertiary/aromatic N) is 3. The Morgan fingerprint density at radius 2 is 1.90 bits per heavy atom. The molecule has 0 aromatic carbocycles. The van der Waals surface area contributed by atoms with Crippen LogP contribution in [0.5, 0.6) is 0 Å². The summed E-state index contributed by atoms with van der Waals surface area (Å²) in [4.78, 5) is 29.6. The number of amides is 2. The van der Waals surface area contributed by atoms with Gasteiger partial charge in [-0.3, -0.25) is 14.5 Å². The highest BCUT2D eigenvalue weighted by atomic mass is 16.5. The highest BCUT2D eigenvalue weighted by molar-refractivity contribution is 5.81. The zero-order valence-corrected chi connectivity index (χ0v) is 13.8. The minimum absolute atomic E-state index is 0.0689. The van der Waals surface area contributed by atoms with Gasteiger partial charge in [-0.05, 0) is 13.0 Å². The first-order chi connectivity index (χ1) is 9.74. The lowest BCUT2D eigenvalue weighted by Gasteiger charge is -2.55. The van der Waals surface area contributed by atoms with E-state index in [2.05, 4.69) is 18.7 Å². The van der Waals surface area contributed by atoms with E-state index in [1.165, 1.54) is 0 Å². The van der Waals surface area contributed by atoms with Crippen LogP contribution in [0.2, 0.25) is 0 Å². The number of hydrogen-bond acceptors (Lipinski definition) is 4. The first kappa shape index (κ1) is 16.2. The molecule has 0 unspecified atom stereocenters. The van der Waals surface area contributed by atoms with Gasteiger partial charge in [-0.25, -0.2) is 0 Å². The minimum Gasteiger partial charge on any atom is -0.368 e. The maximum Gasteiger partial charge on any atom is 0.241 e. The lowest BCUT2D eigenvalue weighted by atomic mass is 9.89. The van der Waals surface area contributed by atoms with E-state index in [0.717, 1.165) is 0 Å². The molecule has 2 saturated heterocycles. The normalized spacial score (nSPS) is 25.0. The van der Waals surface area contributed by atoms with Crippen molar-refractivity contribution >= 4 is 11.8 Å².